The minimum absolute atomic E-state index is 0.169. The zero-order valence-electron chi connectivity index (χ0n) is 14.0. The Morgan fingerprint density at radius 2 is 1.96 bits per heavy atom. The van der Waals surface area contributed by atoms with E-state index in [0.717, 1.165) is 6.42 Å². The number of rotatable bonds is 3. The summed E-state index contributed by atoms with van der Waals surface area (Å²) in [5.74, 6) is -0.670. The van der Waals surface area contributed by atoms with Crippen molar-refractivity contribution in [3.63, 3.8) is 0 Å². The molecule has 1 aromatic heterocycles. The van der Waals surface area contributed by atoms with Crippen LogP contribution in [0.15, 0.2) is 67.3 Å². The van der Waals surface area contributed by atoms with Gasteiger partial charge in [0, 0.05) is 18.7 Å². The molecule has 4 rings (SSSR count). The van der Waals surface area contributed by atoms with Gasteiger partial charge >= 0.3 is 0 Å². The maximum Gasteiger partial charge on any atom is 0.254 e. The molecule has 0 radical (unpaired) electrons. The summed E-state index contributed by atoms with van der Waals surface area (Å²) in [6.45, 7) is 1.14. The van der Waals surface area contributed by atoms with Crippen molar-refractivity contribution in [2.45, 2.75) is 6.42 Å². The van der Waals surface area contributed by atoms with E-state index in [9.17, 15) is 9.18 Å². The lowest BCUT2D eigenvalue weighted by molar-refractivity contribution is 0.0772. The average molecular weight is 348 g/mol. The molecule has 2 aromatic carbocycles. The lowest BCUT2D eigenvalue weighted by Crippen LogP contribution is -2.34. The molecule has 26 heavy (non-hydrogen) atoms. The molecule has 5 nitrogen and oxygen atoms in total. The Balaban J connectivity index is 1.50. The topological polar surface area (TPSA) is 51.0 Å². The molecule has 0 unspecified atom stereocenters. The average Bonchev–Trinajstić information content (AvgIpc) is 3.22. The van der Waals surface area contributed by atoms with Crippen molar-refractivity contribution in [2.75, 3.05) is 13.1 Å². The third kappa shape index (κ3) is 3.13. The second kappa shape index (κ2) is 6.92. The first-order valence-corrected chi connectivity index (χ1v) is 8.40. The first-order chi connectivity index (χ1) is 12.7. The summed E-state index contributed by atoms with van der Waals surface area (Å²) >= 11 is 0. The van der Waals surface area contributed by atoms with Crippen LogP contribution in [0.3, 0.4) is 0 Å². The normalized spacial score (nSPS) is 14.2. The molecule has 0 saturated heterocycles. The van der Waals surface area contributed by atoms with Crippen molar-refractivity contribution in [3.8, 4) is 5.69 Å². The van der Waals surface area contributed by atoms with Crippen molar-refractivity contribution >= 4 is 11.5 Å². The van der Waals surface area contributed by atoms with Crippen LogP contribution in [-0.2, 0) is 0 Å². The Morgan fingerprint density at radius 3 is 2.62 bits per heavy atom. The number of benzene rings is 2. The summed E-state index contributed by atoms with van der Waals surface area (Å²) < 4.78 is 15.7. The highest BCUT2D eigenvalue weighted by atomic mass is 19.1. The van der Waals surface area contributed by atoms with Gasteiger partial charge in [-0.05, 0) is 35.8 Å². The van der Waals surface area contributed by atoms with Crippen LogP contribution in [0.4, 0.5) is 4.39 Å². The lowest BCUT2D eigenvalue weighted by Gasteiger charge is -2.27. The summed E-state index contributed by atoms with van der Waals surface area (Å²) in [4.78, 5) is 18.2. The van der Waals surface area contributed by atoms with E-state index in [2.05, 4.69) is 28.3 Å². The second-order valence-electron chi connectivity index (χ2n) is 6.10. The van der Waals surface area contributed by atoms with Crippen LogP contribution < -0.4 is 0 Å². The van der Waals surface area contributed by atoms with E-state index in [0.29, 0.717) is 18.7 Å². The summed E-state index contributed by atoms with van der Waals surface area (Å²) in [5.41, 5.74) is 3.03. The Hall–Kier alpha value is -3.28. The van der Waals surface area contributed by atoms with E-state index in [4.69, 9.17) is 0 Å². The molecule has 1 aliphatic heterocycles. The minimum atomic E-state index is -0.501. The third-order valence-electron chi connectivity index (χ3n) is 4.50. The van der Waals surface area contributed by atoms with E-state index >= 15 is 0 Å². The number of hydrogen-bond acceptors (Lipinski definition) is 3. The maximum atomic E-state index is 14.4. The smallest absolute Gasteiger partial charge is 0.254 e. The highest BCUT2D eigenvalue weighted by molar-refractivity contribution is 5.95. The van der Waals surface area contributed by atoms with Crippen LogP contribution in [0.1, 0.15) is 22.3 Å². The Bertz CT molecular complexity index is 951. The van der Waals surface area contributed by atoms with Gasteiger partial charge in [0.15, 0.2) is 0 Å². The van der Waals surface area contributed by atoms with Crippen molar-refractivity contribution in [1.29, 1.82) is 0 Å². The largest absolute Gasteiger partial charge is 0.335 e. The third-order valence-corrected chi connectivity index (χ3v) is 4.50. The van der Waals surface area contributed by atoms with E-state index in [1.807, 2.05) is 18.2 Å². The predicted octanol–water partition coefficient (Wildman–Crippen LogP) is 3.34. The van der Waals surface area contributed by atoms with Crippen LogP contribution in [0.25, 0.3) is 11.3 Å². The van der Waals surface area contributed by atoms with E-state index < -0.39 is 5.82 Å². The number of aromatic nitrogens is 3. The molecule has 0 spiro atoms. The van der Waals surface area contributed by atoms with Crippen molar-refractivity contribution < 1.29 is 9.18 Å². The Labute approximate surface area is 150 Å². The molecular formula is C20H17FN4O. The Morgan fingerprint density at radius 1 is 1.12 bits per heavy atom. The molecule has 3 aromatic rings. The van der Waals surface area contributed by atoms with Gasteiger partial charge in [-0.2, -0.15) is 5.10 Å². The van der Waals surface area contributed by atoms with Crippen LogP contribution in [0.5, 0.6) is 0 Å². The number of amides is 1. The molecule has 0 bridgehead atoms. The summed E-state index contributed by atoms with van der Waals surface area (Å²) in [5, 5.41) is 3.91. The minimum Gasteiger partial charge on any atom is -0.335 e. The van der Waals surface area contributed by atoms with E-state index in [-0.39, 0.29) is 11.6 Å². The van der Waals surface area contributed by atoms with Gasteiger partial charge in [-0.25, -0.2) is 14.1 Å². The predicted molar refractivity (Wildman–Crippen MR) is 96.3 cm³/mol. The fourth-order valence-corrected chi connectivity index (χ4v) is 3.11. The van der Waals surface area contributed by atoms with Gasteiger partial charge in [0.05, 0.1) is 0 Å². The maximum absolute atomic E-state index is 14.4. The number of hydrogen-bond donors (Lipinski definition) is 0. The summed E-state index contributed by atoms with van der Waals surface area (Å²) in [6, 6.07) is 14.6. The molecule has 1 aliphatic rings. The highest BCUT2D eigenvalue weighted by Gasteiger charge is 2.20. The van der Waals surface area contributed by atoms with Gasteiger partial charge in [0.2, 0.25) is 0 Å². The SMILES string of the molecule is O=C(c1ccc(-n2cncn2)c(F)c1)N1CC=C(c2ccccc2)CC1. The van der Waals surface area contributed by atoms with E-state index in [1.165, 1.54) is 34.5 Å². The van der Waals surface area contributed by atoms with Gasteiger partial charge < -0.3 is 4.90 Å². The quantitative estimate of drug-likeness (QED) is 0.729. The first-order valence-electron chi connectivity index (χ1n) is 8.40. The van der Waals surface area contributed by atoms with Crippen molar-refractivity contribution in [3.05, 3.63) is 84.2 Å². The number of carbonyl (C=O) groups excluding carboxylic acids is 1. The van der Waals surface area contributed by atoms with Crippen molar-refractivity contribution in [1.82, 2.24) is 19.7 Å². The molecular weight excluding hydrogens is 331 g/mol. The van der Waals surface area contributed by atoms with Gasteiger partial charge in [0.25, 0.3) is 5.91 Å². The fraction of sp³-hybridized carbons (Fsp3) is 0.150. The number of nitrogens with zero attached hydrogens (tertiary/aromatic N) is 4. The molecule has 130 valence electrons. The zero-order valence-corrected chi connectivity index (χ0v) is 14.0. The Kier molecular flexibility index (Phi) is 4.31. The van der Waals surface area contributed by atoms with Crippen molar-refractivity contribution in [2.24, 2.45) is 0 Å². The zero-order chi connectivity index (χ0) is 17.9. The van der Waals surface area contributed by atoms with Gasteiger partial charge in [-0.3, -0.25) is 4.79 Å². The van der Waals surface area contributed by atoms with E-state index in [1.54, 1.807) is 17.0 Å². The highest BCUT2D eigenvalue weighted by Crippen LogP contribution is 2.23. The number of carbonyl (C=O) groups is 1. The molecule has 0 atom stereocenters. The van der Waals surface area contributed by atoms with Gasteiger partial charge in [-0.15, -0.1) is 0 Å². The molecule has 0 aliphatic carbocycles. The molecule has 0 saturated carbocycles. The summed E-state index contributed by atoms with van der Waals surface area (Å²) in [7, 11) is 0. The molecule has 0 N–H and O–H groups in total. The van der Waals surface area contributed by atoms with Crippen LogP contribution >= 0.6 is 0 Å². The first kappa shape index (κ1) is 16.2. The molecule has 1 amide bonds. The molecule has 0 fully saturated rings. The monoisotopic (exact) mass is 348 g/mol. The summed E-state index contributed by atoms with van der Waals surface area (Å²) in [6.07, 6.45) is 5.61. The van der Waals surface area contributed by atoms with Crippen LogP contribution in [-0.4, -0.2) is 38.7 Å². The molecule has 6 heteroatoms. The lowest BCUT2D eigenvalue weighted by atomic mass is 9.99. The second-order valence-corrected chi connectivity index (χ2v) is 6.10. The van der Waals surface area contributed by atoms with Crippen LogP contribution in [0, 0.1) is 5.82 Å². The fourth-order valence-electron chi connectivity index (χ4n) is 3.11. The number of halogens is 1. The standard InChI is InChI=1S/C20H17FN4O/c21-18-12-17(6-7-19(18)25-14-22-13-23-25)20(26)24-10-8-16(9-11-24)15-4-2-1-3-5-15/h1-8,12-14H,9-11H2. The molecule has 2 heterocycles. The van der Waals surface area contributed by atoms with Gasteiger partial charge in [-0.1, -0.05) is 36.4 Å². The van der Waals surface area contributed by atoms with Gasteiger partial charge in [0.1, 0.15) is 24.2 Å². The van der Waals surface area contributed by atoms with Crippen LogP contribution in [0.2, 0.25) is 0 Å².